The number of esters is 1. The number of aromatic nitrogens is 5. The molecule has 1 aliphatic rings. The lowest BCUT2D eigenvalue weighted by Gasteiger charge is -2.13. The van der Waals surface area contributed by atoms with Gasteiger partial charge in [-0.3, -0.25) is 14.2 Å². The molecule has 4 N–H and O–H groups in total. The van der Waals surface area contributed by atoms with Crippen molar-refractivity contribution in [2.24, 2.45) is 5.73 Å². The maximum atomic E-state index is 12.7. The van der Waals surface area contributed by atoms with E-state index in [0.29, 0.717) is 28.4 Å². The minimum Gasteiger partial charge on any atom is -0.437 e. The fraction of sp³-hybridized carbons (Fsp3) is 0.0909. The molecule has 1 aliphatic carbocycles. The van der Waals surface area contributed by atoms with Crippen LogP contribution in [0.1, 0.15) is 16.1 Å². The molecule has 0 atom stereocenters. The van der Waals surface area contributed by atoms with Crippen molar-refractivity contribution in [2.75, 3.05) is 5.73 Å². The number of hydrogen-bond donors (Lipinski definition) is 2. The van der Waals surface area contributed by atoms with E-state index in [1.807, 2.05) is 25.1 Å². The van der Waals surface area contributed by atoms with Crippen molar-refractivity contribution in [3.8, 4) is 22.8 Å². The lowest BCUT2D eigenvalue weighted by molar-refractivity contribution is -0.127. The molecule has 0 spiro atoms. The summed E-state index contributed by atoms with van der Waals surface area (Å²) >= 11 is 0. The third-order valence-corrected chi connectivity index (χ3v) is 5.02. The van der Waals surface area contributed by atoms with Gasteiger partial charge in [-0.1, -0.05) is 6.07 Å². The van der Waals surface area contributed by atoms with Crippen molar-refractivity contribution in [3.05, 3.63) is 72.2 Å². The molecule has 0 fully saturated rings. The number of fused-ring (bicyclic) bond motifs is 1. The van der Waals surface area contributed by atoms with Gasteiger partial charge in [0.2, 0.25) is 11.5 Å². The molecule has 0 unspecified atom stereocenters. The Kier molecular flexibility index (Phi) is 4.22. The van der Waals surface area contributed by atoms with Crippen LogP contribution < -0.4 is 11.5 Å². The number of aryl methyl sites for hydroxylation is 1. The zero-order valence-electron chi connectivity index (χ0n) is 16.9. The van der Waals surface area contributed by atoms with E-state index in [1.165, 1.54) is 18.3 Å². The number of carbonyl (C=O) groups excluding carboxylic acids is 2. The number of anilines is 1. The molecular formula is C22H17N7O3. The summed E-state index contributed by atoms with van der Waals surface area (Å²) in [6.45, 7) is 1.89. The number of ether oxygens (including phenoxy) is 1. The Morgan fingerprint density at radius 2 is 1.84 bits per heavy atom. The Balaban J connectivity index is 1.67. The average Bonchev–Trinajstić information content (AvgIpc) is 3.45. The topological polar surface area (TPSA) is 151 Å². The van der Waals surface area contributed by atoms with Crippen LogP contribution >= 0.6 is 0 Å². The predicted octanol–water partition coefficient (Wildman–Crippen LogP) is 1.69. The average molecular weight is 427 g/mol. The van der Waals surface area contributed by atoms with E-state index in [1.54, 1.807) is 28.8 Å². The van der Waals surface area contributed by atoms with E-state index < -0.39 is 17.5 Å². The quantitative estimate of drug-likeness (QED) is 0.361. The monoisotopic (exact) mass is 427 g/mol. The minimum absolute atomic E-state index is 0.0966. The minimum atomic E-state index is -1.46. The van der Waals surface area contributed by atoms with Gasteiger partial charge in [0, 0.05) is 18.1 Å². The zero-order chi connectivity index (χ0) is 22.5. The lowest BCUT2D eigenvalue weighted by atomic mass is 10.1. The molecule has 4 heterocycles. The van der Waals surface area contributed by atoms with Gasteiger partial charge in [0.05, 0.1) is 17.0 Å². The highest BCUT2D eigenvalue weighted by Gasteiger charge is 2.45. The van der Waals surface area contributed by atoms with Crippen LogP contribution in [-0.4, -0.2) is 41.8 Å². The molecule has 1 amide bonds. The van der Waals surface area contributed by atoms with Crippen molar-refractivity contribution < 1.29 is 14.3 Å². The molecule has 32 heavy (non-hydrogen) atoms. The number of nitrogens with two attached hydrogens (primary N) is 2. The molecule has 0 saturated heterocycles. The number of imidazole rings is 1. The molecule has 4 aromatic rings. The summed E-state index contributed by atoms with van der Waals surface area (Å²) in [5, 5.41) is 0. The van der Waals surface area contributed by atoms with E-state index >= 15 is 0 Å². The summed E-state index contributed by atoms with van der Waals surface area (Å²) in [7, 11) is 0. The van der Waals surface area contributed by atoms with Gasteiger partial charge in [-0.15, -0.1) is 0 Å². The molecule has 5 rings (SSSR count). The molecule has 0 aromatic carbocycles. The Morgan fingerprint density at radius 3 is 2.53 bits per heavy atom. The summed E-state index contributed by atoms with van der Waals surface area (Å²) in [4.78, 5) is 41.8. The standard InChI is InChI=1S/C22H17N7O3/c1-12-3-2-4-14(26-12)17-18(15-7-10-25-21(24)27-15)29-11-13(5-6-16(29)28-17)19(30)32-22(8-9-22)20(23)31/h2-11H,1H3,(H2,23,31)(H2,24,25,27). The number of hydrogen-bond acceptors (Lipinski definition) is 8. The summed E-state index contributed by atoms with van der Waals surface area (Å²) < 4.78 is 7.00. The number of amides is 1. The first-order valence-electron chi connectivity index (χ1n) is 9.65. The molecule has 10 nitrogen and oxygen atoms in total. The molecule has 0 aliphatic heterocycles. The van der Waals surface area contributed by atoms with Crippen LogP contribution in [0.4, 0.5) is 5.95 Å². The van der Waals surface area contributed by atoms with Crippen LogP contribution in [-0.2, 0) is 9.53 Å². The normalized spacial score (nSPS) is 13.8. The van der Waals surface area contributed by atoms with Crippen molar-refractivity contribution in [2.45, 2.75) is 12.5 Å². The second-order valence-electron chi connectivity index (χ2n) is 7.30. The number of nitrogen functional groups attached to an aromatic ring is 1. The van der Waals surface area contributed by atoms with Crippen molar-refractivity contribution in [3.63, 3.8) is 0 Å². The highest BCUT2D eigenvalue weighted by Crippen LogP contribution is 2.32. The summed E-state index contributed by atoms with van der Waals surface area (Å²) in [6, 6.07) is 10.5. The molecular weight excluding hydrogens is 410 g/mol. The van der Waals surface area contributed by atoms with E-state index in [-0.39, 0.29) is 11.5 Å². The number of primary amides is 1. The summed E-state index contributed by atoms with van der Waals surface area (Å²) in [5.74, 6) is -1.35. The maximum Gasteiger partial charge on any atom is 0.341 e. The molecule has 0 saturated carbocycles. The third-order valence-electron chi connectivity index (χ3n) is 5.02. The predicted molar refractivity (Wildman–Crippen MR) is 115 cm³/mol. The van der Waals surface area contributed by atoms with Crippen molar-refractivity contribution in [1.82, 2.24) is 24.3 Å². The van der Waals surface area contributed by atoms with Gasteiger partial charge in [-0.25, -0.2) is 19.7 Å². The van der Waals surface area contributed by atoms with E-state index in [0.717, 1.165) is 5.69 Å². The van der Waals surface area contributed by atoms with E-state index in [2.05, 4.69) is 15.0 Å². The van der Waals surface area contributed by atoms with Gasteiger partial charge < -0.3 is 16.2 Å². The Morgan fingerprint density at radius 1 is 1.03 bits per heavy atom. The van der Waals surface area contributed by atoms with E-state index in [9.17, 15) is 9.59 Å². The van der Waals surface area contributed by atoms with Crippen LogP contribution in [0.15, 0.2) is 60.9 Å². The first-order valence-corrected chi connectivity index (χ1v) is 9.65. The van der Waals surface area contributed by atoms with Gasteiger partial charge in [0.1, 0.15) is 17.0 Å². The van der Waals surface area contributed by atoms with Crippen LogP contribution in [0.25, 0.3) is 28.4 Å². The lowest BCUT2D eigenvalue weighted by Crippen LogP contribution is -2.36. The third kappa shape index (κ3) is 3.23. The number of rotatable bonds is 5. The Labute approximate surface area is 181 Å². The fourth-order valence-electron chi connectivity index (χ4n) is 3.34. The fourth-order valence-corrected chi connectivity index (χ4v) is 3.34. The second-order valence-corrected chi connectivity index (χ2v) is 7.30. The first kappa shape index (κ1) is 19.4. The SMILES string of the molecule is Cc1cccc(-c2nc3ccc(C(=O)OC4(C(N)=O)C=C4)cn3c2-c2ccnc(N)n2)n1. The zero-order valence-corrected chi connectivity index (χ0v) is 16.9. The second kappa shape index (κ2) is 6.98. The Hall–Kier alpha value is -4.60. The molecule has 4 aromatic heterocycles. The maximum absolute atomic E-state index is 12.7. The van der Waals surface area contributed by atoms with Crippen LogP contribution in [0.3, 0.4) is 0 Å². The van der Waals surface area contributed by atoms with Crippen LogP contribution in [0.2, 0.25) is 0 Å². The number of pyridine rings is 2. The molecule has 0 bridgehead atoms. The van der Waals surface area contributed by atoms with Gasteiger partial charge in [-0.05, 0) is 49.4 Å². The molecule has 10 heteroatoms. The van der Waals surface area contributed by atoms with Gasteiger partial charge in [0.25, 0.3) is 5.91 Å². The number of carbonyl (C=O) groups is 2. The smallest absolute Gasteiger partial charge is 0.341 e. The first-order chi connectivity index (χ1) is 15.4. The summed E-state index contributed by atoms with van der Waals surface area (Å²) in [6.07, 6.45) is 5.96. The van der Waals surface area contributed by atoms with Gasteiger partial charge in [-0.2, -0.15) is 0 Å². The van der Waals surface area contributed by atoms with Crippen LogP contribution in [0.5, 0.6) is 0 Å². The molecule has 158 valence electrons. The largest absolute Gasteiger partial charge is 0.437 e. The number of nitrogens with zero attached hydrogens (tertiary/aromatic N) is 5. The highest BCUT2D eigenvalue weighted by atomic mass is 16.6. The van der Waals surface area contributed by atoms with Gasteiger partial charge in [0.15, 0.2) is 0 Å². The van der Waals surface area contributed by atoms with Gasteiger partial charge >= 0.3 is 5.97 Å². The summed E-state index contributed by atoms with van der Waals surface area (Å²) in [5.41, 5.74) is 13.5. The van der Waals surface area contributed by atoms with Crippen molar-refractivity contribution >= 4 is 23.5 Å². The molecule has 0 radical (unpaired) electrons. The van der Waals surface area contributed by atoms with Crippen LogP contribution in [0, 0.1) is 6.92 Å². The van der Waals surface area contributed by atoms with E-state index in [4.69, 9.17) is 21.2 Å². The van der Waals surface area contributed by atoms with Crippen molar-refractivity contribution in [1.29, 1.82) is 0 Å². The Bertz CT molecular complexity index is 1430. The highest BCUT2D eigenvalue weighted by molar-refractivity contribution is 5.99.